The summed E-state index contributed by atoms with van der Waals surface area (Å²) in [6.45, 7) is 3.46. The van der Waals surface area contributed by atoms with Gasteiger partial charge in [-0.05, 0) is 55.8 Å². The van der Waals surface area contributed by atoms with E-state index in [1.54, 1.807) is 38.1 Å². The number of furan rings is 1. The molecule has 162 valence electrons. The fourth-order valence-electron chi connectivity index (χ4n) is 3.67. The molecule has 2 aromatic carbocycles. The molecule has 2 heterocycles. The summed E-state index contributed by atoms with van der Waals surface area (Å²) in [5.41, 5.74) is 0.512. The number of aliphatic hydroxyl groups excluding tert-OH is 1. The van der Waals surface area contributed by atoms with Crippen molar-refractivity contribution in [1.82, 2.24) is 0 Å². The molecule has 1 saturated heterocycles. The molecule has 32 heavy (non-hydrogen) atoms. The summed E-state index contributed by atoms with van der Waals surface area (Å²) in [5, 5.41) is 32.3. The van der Waals surface area contributed by atoms with Crippen molar-refractivity contribution in [1.29, 1.82) is 0 Å². The normalized spacial score (nSPS) is 17.7. The molecule has 0 bridgehead atoms. The number of aliphatic hydroxyl groups is 1. The Kier molecular flexibility index (Phi) is 5.01. The number of anilines is 1. The molecule has 9 nitrogen and oxygen atoms in total. The average Bonchev–Trinajstić information content (AvgIpc) is 3.30. The number of hydrogen-bond acceptors (Lipinski definition) is 7. The van der Waals surface area contributed by atoms with E-state index in [4.69, 9.17) is 4.42 Å². The Bertz CT molecular complexity index is 1290. The molecule has 1 fully saturated rings. The van der Waals surface area contributed by atoms with Gasteiger partial charge < -0.3 is 14.6 Å². The SMILES string of the molecule is Cc1ccc(O)c(N2C(=O)C(=O)/C(=C(\O)c3ccc([N+](=O)[O-])cc3)C2c2ccc(C)o2)c1. The minimum atomic E-state index is -1.15. The molecule has 2 N–H and O–H groups in total. The highest BCUT2D eigenvalue weighted by Gasteiger charge is 2.49. The molecule has 0 radical (unpaired) electrons. The van der Waals surface area contributed by atoms with Gasteiger partial charge in [-0.15, -0.1) is 0 Å². The zero-order valence-corrected chi connectivity index (χ0v) is 17.1. The van der Waals surface area contributed by atoms with Crippen LogP contribution in [0, 0.1) is 24.0 Å². The van der Waals surface area contributed by atoms with E-state index in [-0.39, 0.29) is 34.0 Å². The van der Waals surface area contributed by atoms with E-state index in [2.05, 4.69) is 0 Å². The number of nitrogens with zero attached hydrogens (tertiary/aromatic N) is 2. The number of phenolic OH excluding ortho intramolecular Hbond substituents is 1. The van der Waals surface area contributed by atoms with Gasteiger partial charge >= 0.3 is 0 Å². The fourth-order valence-corrected chi connectivity index (χ4v) is 3.67. The van der Waals surface area contributed by atoms with Gasteiger partial charge in [-0.3, -0.25) is 24.6 Å². The van der Waals surface area contributed by atoms with Crippen LogP contribution < -0.4 is 4.90 Å². The molecule has 9 heteroatoms. The number of amides is 1. The molecule has 1 aromatic heterocycles. The molecule has 1 unspecified atom stereocenters. The average molecular weight is 434 g/mol. The number of non-ortho nitro benzene ring substituents is 1. The van der Waals surface area contributed by atoms with Crippen LogP contribution in [-0.2, 0) is 9.59 Å². The minimum absolute atomic E-state index is 0.0916. The summed E-state index contributed by atoms with van der Waals surface area (Å²) in [6, 6.07) is 11.6. The van der Waals surface area contributed by atoms with E-state index in [0.717, 1.165) is 10.5 Å². The van der Waals surface area contributed by atoms with Gasteiger partial charge in [0.1, 0.15) is 29.1 Å². The van der Waals surface area contributed by atoms with Crippen molar-refractivity contribution in [3.63, 3.8) is 0 Å². The van der Waals surface area contributed by atoms with Gasteiger partial charge in [-0.25, -0.2) is 0 Å². The van der Waals surface area contributed by atoms with Crippen LogP contribution in [0.15, 0.2) is 64.6 Å². The molecule has 1 atom stereocenters. The van der Waals surface area contributed by atoms with Crippen molar-refractivity contribution in [3.8, 4) is 5.75 Å². The number of hydrogen-bond donors (Lipinski definition) is 2. The van der Waals surface area contributed by atoms with Crippen molar-refractivity contribution in [2.45, 2.75) is 19.9 Å². The van der Waals surface area contributed by atoms with E-state index < -0.39 is 28.4 Å². The van der Waals surface area contributed by atoms with Crippen LogP contribution in [0.4, 0.5) is 11.4 Å². The molecule has 0 spiro atoms. The number of carbonyl (C=O) groups is 2. The molecule has 1 aliphatic heterocycles. The summed E-state index contributed by atoms with van der Waals surface area (Å²) in [7, 11) is 0. The van der Waals surface area contributed by atoms with Gasteiger partial charge in [-0.1, -0.05) is 6.07 Å². The maximum atomic E-state index is 13.0. The first kappa shape index (κ1) is 20.9. The number of aromatic hydroxyl groups is 1. The Morgan fingerprint density at radius 1 is 1.06 bits per heavy atom. The predicted octanol–water partition coefficient (Wildman–Crippen LogP) is 4.14. The van der Waals surface area contributed by atoms with E-state index in [0.29, 0.717) is 5.76 Å². The number of Topliss-reactive ketones (excluding diaryl/α,β-unsaturated/α-hetero) is 1. The summed E-state index contributed by atoms with van der Waals surface area (Å²) in [4.78, 5) is 37.5. The first-order valence-electron chi connectivity index (χ1n) is 9.61. The first-order valence-corrected chi connectivity index (χ1v) is 9.61. The molecule has 4 rings (SSSR count). The third-order valence-corrected chi connectivity index (χ3v) is 5.22. The fraction of sp³-hybridized carbons (Fsp3) is 0.130. The third-order valence-electron chi connectivity index (χ3n) is 5.22. The molecule has 0 saturated carbocycles. The molecule has 1 aliphatic rings. The number of rotatable bonds is 4. The predicted molar refractivity (Wildman–Crippen MR) is 114 cm³/mol. The van der Waals surface area contributed by atoms with Crippen LogP contribution in [0.25, 0.3) is 5.76 Å². The van der Waals surface area contributed by atoms with Crippen molar-refractivity contribution < 1.29 is 29.1 Å². The quantitative estimate of drug-likeness (QED) is 0.207. The summed E-state index contributed by atoms with van der Waals surface area (Å²) >= 11 is 0. The van der Waals surface area contributed by atoms with E-state index in [1.165, 1.54) is 30.3 Å². The van der Waals surface area contributed by atoms with Crippen molar-refractivity contribution >= 4 is 28.8 Å². The standard InChI is InChI=1S/C23H18N2O7/c1-12-3-9-17(26)16(11-12)24-20(18-10-4-13(2)32-18)19(22(28)23(24)29)21(27)14-5-7-15(8-6-14)25(30)31/h3-11,20,26-27H,1-2H3/b21-19-. The highest BCUT2D eigenvalue weighted by molar-refractivity contribution is 6.51. The zero-order valence-electron chi connectivity index (χ0n) is 17.1. The second-order valence-electron chi connectivity index (χ2n) is 7.41. The maximum absolute atomic E-state index is 13.0. The topological polar surface area (TPSA) is 134 Å². The number of nitro groups is 1. The highest BCUT2D eigenvalue weighted by atomic mass is 16.6. The lowest BCUT2D eigenvalue weighted by atomic mass is 9.99. The Morgan fingerprint density at radius 3 is 2.34 bits per heavy atom. The second kappa shape index (κ2) is 7.69. The lowest BCUT2D eigenvalue weighted by molar-refractivity contribution is -0.384. The van der Waals surface area contributed by atoms with Gasteiger partial charge in [0, 0.05) is 17.7 Å². The van der Waals surface area contributed by atoms with E-state index >= 15 is 0 Å². The largest absolute Gasteiger partial charge is 0.507 e. The van der Waals surface area contributed by atoms with Crippen LogP contribution in [0.5, 0.6) is 5.75 Å². The number of phenols is 1. The number of benzene rings is 2. The van der Waals surface area contributed by atoms with Gasteiger partial charge in [-0.2, -0.15) is 0 Å². The van der Waals surface area contributed by atoms with E-state index in [1.807, 2.05) is 0 Å². The lowest BCUT2D eigenvalue weighted by Crippen LogP contribution is -2.29. The number of ketones is 1. The third kappa shape index (κ3) is 3.39. The van der Waals surface area contributed by atoms with Crippen LogP contribution in [0.3, 0.4) is 0 Å². The van der Waals surface area contributed by atoms with Crippen molar-refractivity contribution in [3.05, 3.63) is 92.9 Å². The summed E-state index contributed by atoms with van der Waals surface area (Å²) in [6.07, 6.45) is 0. The van der Waals surface area contributed by atoms with Crippen LogP contribution >= 0.6 is 0 Å². The Balaban J connectivity index is 1.93. The van der Waals surface area contributed by atoms with Crippen LogP contribution in [0.2, 0.25) is 0 Å². The van der Waals surface area contributed by atoms with Crippen LogP contribution in [-0.4, -0.2) is 26.8 Å². The lowest BCUT2D eigenvalue weighted by Gasteiger charge is -2.24. The van der Waals surface area contributed by atoms with Crippen LogP contribution in [0.1, 0.15) is 28.7 Å². The minimum Gasteiger partial charge on any atom is -0.507 e. The molecule has 3 aromatic rings. The Morgan fingerprint density at radius 2 is 1.75 bits per heavy atom. The Labute approximate surface area is 182 Å². The first-order chi connectivity index (χ1) is 15.2. The van der Waals surface area contributed by atoms with Gasteiger partial charge in [0.05, 0.1) is 16.2 Å². The smallest absolute Gasteiger partial charge is 0.300 e. The van der Waals surface area contributed by atoms with Gasteiger partial charge in [0.25, 0.3) is 17.4 Å². The monoisotopic (exact) mass is 434 g/mol. The number of aryl methyl sites for hydroxylation is 2. The highest BCUT2D eigenvalue weighted by Crippen LogP contribution is 2.45. The summed E-state index contributed by atoms with van der Waals surface area (Å²) < 4.78 is 5.69. The molecular formula is C23H18N2O7. The maximum Gasteiger partial charge on any atom is 0.300 e. The second-order valence-corrected chi connectivity index (χ2v) is 7.41. The number of carbonyl (C=O) groups excluding carboxylic acids is 2. The molecule has 0 aliphatic carbocycles. The molecule has 1 amide bonds. The summed E-state index contributed by atoms with van der Waals surface area (Å²) in [5.74, 6) is -1.91. The van der Waals surface area contributed by atoms with E-state index in [9.17, 15) is 29.9 Å². The van der Waals surface area contributed by atoms with Gasteiger partial charge in [0.2, 0.25) is 0 Å². The number of nitro benzene ring substituents is 1. The Hall–Kier alpha value is -4.40. The van der Waals surface area contributed by atoms with Gasteiger partial charge in [0.15, 0.2) is 0 Å². The van der Waals surface area contributed by atoms with Crippen molar-refractivity contribution in [2.75, 3.05) is 4.90 Å². The molecular weight excluding hydrogens is 416 g/mol. The van der Waals surface area contributed by atoms with Crippen molar-refractivity contribution in [2.24, 2.45) is 0 Å². The zero-order chi connectivity index (χ0) is 23.2.